The SMILES string of the molecule is CCNC(=NCCNS(=O)(=O)CC)N1CCC(=Cc2ccccc2)CC1. The molecule has 7 heteroatoms. The highest BCUT2D eigenvalue weighted by Gasteiger charge is 2.17. The summed E-state index contributed by atoms with van der Waals surface area (Å²) < 4.78 is 25.5. The summed E-state index contributed by atoms with van der Waals surface area (Å²) in [6.07, 6.45) is 4.31. The number of nitrogens with one attached hydrogen (secondary N) is 2. The second-order valence-electron chi connectivity index (χ2n) is 6.23. The molecule has 0 aliphatic carbocycles. The Bertz CT molecular complexity index is 704. The minimum atomic E-state index is -3.15. The Hall–Kier alpha value is -1.86. The van der Waals surface area contributed by atoms with E-state index in [-0.39, 0.29) is 5.75 Å². The molecule has 6 nitrogen and oxygen atoms in total. The largest absolute Gasteiger partial charge is 0.357 e. The smallest absolute Gasteiger partial charge is 0.211 e. The lowest BCUT2D eigenvalue weighted by Gasteiger charge is -2.31. The number of guanidine groups is 1. The van der Waals surface area contributed by atoms with Crippen LogP contribution in [0.2, 0.25) is 0 Å². The van der Waals surface area contributed by atoms with Crippen LogP contribution < -0.4 is 10.0 Å². The van der Waals surface area contributed by atoms with Gasteiger partial charge in [0.15, 0.2) is 5.96 Å². The maximum atomic E-state index is 11.5. The zero-order valence-electron chi connectivity index (χ0n) is 15.7. The highest BCUT2D eigenvalue weighted by atomic mass is 32.2. The molecule has 0 atom stereocenters. The lowest BCUT2D eigenvalue weighted by Crippen LogP contribution is -2.44. The molecule has 1 aliphatic rings. The number of piperidine rings is 1. The van der Waals surface area contributed by atoms with Crippen LogP contribution in [-0.2, 0) is 10.0 Å². The van der Waals surface area contributed by atoms with E-state index in [4.69, 9.17) is 0 Å². The Morgan fingerprint density at radius 1 is 1.19 bits per heavy atom. The lowest BCUT2D eigenvalue weighted by molar-refractivity contribution is 0.375. The van der Waals surface area contributed by atoms with Gasteiger partial charge in [0, 0.05) is 26.2 Å². The zero-order chi connectivity index (χ0) is 18.8. The van der Waals surface area contributed by atoms with Gasteiger partial charge in [-0.15, -0.1) is 0 Å². The molecule has 1 aliphatic heterocycles. The van der Waals surface area contributed by atoms with Gasteiger partial charge in [-0.05, 0) is 32.3 Å². The second kappa shape index (κ2) is 10.3. The van der Waals surface area contributed by atoms with E-state index in [1.54, 1.807) is 6.92 Å². The molecule has 0 radical (unpaired) electrons. The molecule has 0 aromatic heterocycles. The van der Waals surface area contributed by atoms with Crippen molar-refractivity contribution in [3.63, 3.8) is 0 Å². The van der Waals surface area contributed by atoms with Gasteiger partial charge >= 0.3 is 0 Å². The highest BCUT2D eigenvalue weighted by Crippen LogP contribution is 2.19. The number of likely N-dealkylation sites (tertiary alicyclic amines) is 1. The molecule has 0 saturated carbocycles. The first kappa shape index (κ1) is 20.5. The molecule has 144 valence electrons. The van der Waals surface area contributed by atoms with Gasteiger partial charge in [-0.2, -0.15) is 0 Å². The van der Waals surface area contributed by atoms with E-state index >= 15 is 0 Å². The molecule has 26 heavy (non-hydrogen) atoms. The summed E-state index contributed by atoms with van der Waals surface area (Å²) in [6.45, 7) is 7.08. The first-order valence-corrected chi connectivity index (χ1v) is 10.9. The van der Waals surface area contributed by atoms with Crippen LogP contribution in [0, 0.1) is 0 Å². The van der Waals surface area contributed by atoms with Crippen LogP contribution in [0.1, 0.15) is 32.3 Å². The maximum Gasteiger partial charge on any atom is 0.211 e. The Morgan fingerprint density at radius 3 is 2.50 bits per heavy atom. The van der Waals surface area contributed by atoms with E-state index in [9.17, 15) is 8.42 Å². The lowest BCUT2D eigenvalue weighted by atomic mass is 10.0. The van der Waals surface area contributed by atoms with Gasteiger partial charge in [0.25, 0.3) is 0 Å². The van der Waals surface area contributed by atoms with Crippen LogP contribution in [0.4, 0.5) is 0 Å². The molecule has 0 bridgehead atoms. The molecular formula is C19H30N4O2S. The van der Waals surface area contributed by atoms with Crippen LogP contribution in [-0.4, -0.2) is 57.8 Å². The van der Waals surface area contributed by atoms with Gasteiger partial charge < -0.3 is 10.2 Å². The van der Waals surface area contributed by atoms with Crippen LogP contribution >= 0.6 is 0 Å². The summed E-state index contributed by atoms with van der Waals surface area (Å²) in [5.41, 5.74) is 2.71. The topological polar surface area (TPSA) is 73.8 Å². The number of aliphatic imine (C=N–C) groups is 1. The quantitative estimate of drug-likeness (QED) is 0.433. The molecular weight excluding hydrogens is 348 g/mol. The minimum absolute atomic E-state index is 0.0967. The van der Waals surface area contributed by atoms with E-state index in [1.165, 1.54) is 11.1 Å². The standard InChI is InChI=1S/C19H30N4O2S/c1-3-20-19(21-12-13-22-26(24,25)4-2)23-14-10-18(11-15-23)16-17-8-6-5-7-9-17/h5-9,16,22H,3-4,10-15H2,1-2H3,(H,20,21). The molecule has 1 saturated heterocycles. The van der Waals surface area contributed by atoms with Gasteiger partial charge in [-0.25, -0.2) is 13.1 Å². The molecule has 1 aromatic carbocycles. The predicted octanol–water partition coefficient (Wildman–Crippen LogP) is 2.07. The fourth-order valence-electron chi connectivity index (χ4n) is 2.83. The van der Waals surface area contributed by atoms with E-state index in [1.807, 2.05) is 13.0 Å². The highest BCUT2D eigenvalue weighted by molar-refractivity contribution is 7.89. The molecule has 0 unspecified atom stereocenters. The Labute approximate surface area is 157 Å². The monoisotopic (exact) mass is 378 g/mol. The van der Waals surface area contributed by atoms with Crippen molar-refractivity contribution in [1.29, 1.82) is 0 Å². The molecule has 0 amide bonds. The number of hydrogen-bond donors (Lipinski definition) is 2. The Kier molecular flexibility index (Phi) is 8.12. The summed E-state index contributed by atoms with van der Waals surface area (Å²) in [5.74, 6) is 0.960. The molecule has 1 heterocycles. The summed E-state index contributed by atoms with van der Waals surface area (Å²) in [5, 5.41) is 3.31. The molecule has 2 rings (SSSR count). The fraction of sp³-hybridized carbons (Fsp3) is 0.526. The number of benzene rings is 1. The van der Waals surface area contributed by atoms with E-state index in [0.717, 1.165) is 38.4 Å². The average Bonchev–Trinajstić information content (AvgIpc) is 2.66. The molecule has 1 aromatic rings. The first-order valence-electron chi connectivity index (χ1n) is 9.29. The second-order valence-corrected chi connectivity index (χ2v) is 8.33. The van der Waals surface area contributed by atoms with E-state index in [0.29, 0.717) is 13.1 Å². The van der Waals surface area contributed by atoms with Crippen molar-refractivity contribution in [3.8, 4) is 0 Å². The van der Waals surface area contributed by atoms with Gasteiger partial charge in [0.2, 0.25) is 10.0 Å². The van der Waals surface area contributed by atoms with E-state index < -0.39 is 10.0 Å². The number of nitrogens with zero attached hydrogens (tertiary/aromatic N) is 2. The Balaban J connectivity index is 1.89. The van der Waals surface area contributed by atoms with Crippen molar-refractivity contribution >= 4 is 22.1 Å². The third-order valence-corrected chi connectivity index (χ3v) is 5.69. The summed E-state index contributed by atoms with van der Waals surface area (Å²) >= 11 is 0. The van der Waals surface area contributed by atoms with Crippen LogP contribution in [0.15, 0.2) is 40.9 Å². The number of sulfonamides is 1. The van der Waals surface area contributed by atoms with Crippen molar-refractivity contribution in [2.45, 2.75) is 26.7 Å². The molecule has 1 fully saturated rings. The maximum absolute atomic E-state index is 11.5. The third kappa shape index (κ3) is 6.80. The Morgan fingerprint density at radius 2 is 1.88 bits per heavy atom. The predicted molar refractivity (Wildman–Crippen MR) is 109 cm³/mol. The van der Waals surface area contributed by atoms with Gasteiger partial charge in [-0.3, -0.25) is 4.99 Å². The molecule has 2 N–H and O–H groups in total. The number of rotatable bonds is 7. The van der Waals surface area contributed by atoms with Crippen LogP contribution in [0.3, 0.4) is 0 Å². The first-order chi connectivity index (χ1) is 12.5. The average molecular weight is 379 g/mol. The van der Waals surface area contributed by atoms with Crippen molar-refractivity contribution < 1.29 is 8.42 Å². The summed E-state index contributed by atoms with van der Waals surface area (Å²) in [7, 11) is -3.15. The van der Waals surface area contributed by atoms with E-state index in [2.05, 4.69) is 50.3 Å². The zero-order valence-corrected chi connectivity index (χ0v) is 16.6. The van der Waals surface area contributed by atoms with Gasteiger partial charge in [-0.1, -0.05) is 42.0 Å². The van der Waals surface area contributed by atoms with Crippen molar-refractivity contribution in [1.82, 2.24) is 14.9 Å². The fourth-order valence-corrected chi connectivity index (χ4v) is 3.43. The summed E-state index contributed by atoms with van der Waals surface area (Å²) in [6, 6.07) is 10.4. The van der Waals surface area contributed by atoms with Crippen molar-refractivity contribution in [2.75, 3.05) is 38.5 Å². The van der Waals surface area contributed by atoms with Crippen molar-refractivity contribution in [3.05, 3.63) is 41.5 Å². The minimum Gasteiger partial charge on any atom is -0.357 e. The van der Waals surface area contributed by atoms with Crippen LogP contribution in [0.5, 0.6) is 0 Å². The number of hydrogen-bond acceptors (Lipinski definition) is 3. The third-order valence-electron chi connectivity index (χ3n) is 4.29. The molecule has 0 spiro atoms. The van der Waals surface area contributed by atoms with Crippen molar-refractivity contribution in [2.24, 2.45) is 4.99 Å². The van der Waals surface area contributed by atoms with Gasteiger partial charge in [0.1, 0.15) is 0 Å². The van der Waals surface area contributed by atoms with Crippen LogP contribution in [0.25, 0.3) is 6.08 Å². The normalized spacial score (nSPS) is 15.8. The van der Waals surface area contributed by atoms with Gasteiger partial charge in [0.05, 0.1) is 12.3 Å². The summed E-state index contributed by atoms with van der Waals surface area (Å²) in [4.78, 5) is 6.82.